The third-order valence-electron chi connectivity index (χ3n) is 4.54. The lowest BCUT2D eigenvalue weighted by Gasteiger charge is -2.37. The fourth-order valence-electron chi connectivity index (χ4n) is 3.45. The maximum absolute atomic E-state index is 12.9. The minimum absolute atomic E-state index is 0. The molecule has 2 heterocycles. The van der Waals surface area contributed by atoms with Crippen molar-refractivity contribution in [2.45, 2.75) is 37.8 Å². The molecule has 0 aromatic heterocycles. The van der Waals surface area contributed by atoms with Crippen LogP contribution in [0.2, 0.25) is 0 Å². The number of hydrogen-bond donors (Lipinski definition) is 1. The van der Waals surface area contributed by atoms with Crippen LogP contribution in [-0.4, -0.2) is 36.5 Å². The van der Waals surface area contributed by atoms with E-state index in [9.17, 15) is 4.79 Å². The van der Waals surface area contributed by atoms with Gasteiger partial charge >= 0.3 is 0 Å². The van der Waals surface area contributed by atoms with E-state index in [4.69, 9.17) is 10.5 Å². The highest BCUT2D eigenvalue weighted by Gasteiger charge is 2.36. The topological polar surface area (TPSA) is 55.6 Å². The lowest BCUT2D eigenvalue weighted by molar-refractivity contribution is -0.146. The summed E-state index contributed by atoms with van der Waals surface area (Å²) in [6.45, 7) is 2.27. The first-order valence-electron chi connectivity index (χ1n) is 7.96. The highest BCUT2D eigenvalue weighted by molar-refractivity contribution is 5.85. The number of carbonyl (C=O) groups is 1. The van der Waals surface area contributed by atoms with E-state index < -0.39 is 0 Å². The van der Waals surface area contributed by atoms with Crippen LogP contribution >= 0.6 is 12.4 Å². The summed E-state index contributed by atoms with van der Waals surface area (Å²) in [5.74, 6) is 0.158. The molecule has 2 fully saturated rings. The molecule has 22 heavy (non-hydrogen) atoms. The van der Waals surface area contributed by atoms with E-state index >= 15 is 0 Å². The maximum Gasteiger partial charge on any atom is 0.228 e. The van der Waals surface area contributed by atoms with Gasteiger partial charge in [0.15, 0.2) is 0 Å². The normalized spacial score (nSPS) is 28.8. The Hall–Kier alpha value is -1.10. The molecule has 1 amide bonds. The molecule has 0 aliphatic carbocycles. The Morgan fingerprint density at radius 3 is 2.68 bits per heavy atom. The minimum atomic E-state index is -0.106. The summed E-state index contributed by atoms with van der Waals surface area (Å²) in [5, 5.41) is 0. The molecule has 1 aromatic carbocycles. The van der Waals surface area contributed by atoms with Crippen LogP contribution in [-0.2, 0) is 9.53 Å². The van der Waals surface area contributed by atoms with Crippen LogP contribution in [0.25, 0.3) is 0 Å². The Morgan fingerprint density at radius 2 is 1.95 bits per heavy atom. The zero-order chi connectivity index (χ0) is 14.7. The largest absolute Gasteiger partial charge is 0.373 e. The van der Waals surface area contributed by atoms with Crippen LogP contribution in [0.5, 0.6) is 0 Å². The molecule has 3 atom stereocenters. The van der Waals surface area contributed by atoms with Gasteiger partial charge in [0.1, 0.15) is 0 Å². The number of ether oxygens (including phenoxy) is 1. The number of hydrogen-bond acceptors (Lipinski definition) is 3. The van der Waals surface area contributed by atoms with Crippen LogP contribution < -0.4 is 5.73 Å². The number of amides is 1. The first-order valence-corrected chi connectivity index (χ1v) is 7.96. The van der Waals surface area contributed by atoms with Gasteiger partial charge in [-0.25, -0.2) is 0 Å². The van der Waals surface area contributed by atoms with Gasteiger partial charge < -0.3 is 15.4 Å². The van der Waals surface area contributed by atoms with Crippen molar-refractivity contribution in [2.24, 2.45) is 11.7 Å². The number of likely N-dealkylation sites (tertiary alicyclic amines) is 1. The molecule has 0 radical (unpaired) electrons. The third-order valence-corrected chi connectivity index (χ3v) is 4.54. The van der Waals surface area contributed by atoms with E-state index in [1.54, 1.807) is 0 Å². The summed E-state index contributed by atoms with van der Waals surface area (Å²) in [4.78, 5) is 14.8. The lowest BCUT2D eigenvalue weighted by atomic mass is 9.87. The zero-order valence-electron chi connectivity index (χ0n) is 12.8. The Kier molecular flexibility index (Phi) is 6.24. The summed E-state index contributed by atoms with van der Waals surface area (Å²) in [7, 11) is 0. The van der Waals surface area contributed by atoms with Crippen molar-refractivity contribution >= 4 is 18.3 Å². The molecule has 0 bridgehead atoms. The predicted octanol–water partition coefficient (Wildman–Crippen LogP) is 2.53. The number of piperidine rings is 1. The lowest BCUT2D eigenvalue weighted by Crippen LogP contribution is -2.49. The Morgan fingerprint density at radius 1 is 1.18 bits per heavy atom. The Balaban J connectivity index is 0.00000176. The molecule has 3 rings (SSSR count). The average molecular weight is 325 g/mol. The number of benzene rings is 1. The van der Waals surface area contributed by atoms with E-state index in [1.807, 2.05) is 23.1 Å². The third kappa shape index (κ3) is 3.80. The van der Waals surface area contributed by atoms with Gasteiger partial charge in [-0.1, -0.05) is 30.3 Å². The van der Waals surface area contributed by atoms with E-state index in [1.165, 1.54) is 0 Å². The predicted molar refractivity (Wildman–Crippen MR) is 88.9 cm³/mol. The number of nitrogens with zero attached hydrogens (tertiary/aromatic N) is 1. The molecule has 0 spiro atoms. The second kappa shape index (κ2) is 7.95. The van der Waals surface area contributed by atoms with Gasteiger partial charge in [-0.15, -0.1) is 12.4 Å². The molecular weight excluding hydrogens is 300 g/mol. The van der Waals surface area contributed by atoms with Crippen molar-refractivity contribution in [1.82, 2.24) is 4.90 Å². The second-order valence-corrected chi connectivity index (χ2v) is 6.14. The van der Waals surface area contributed by atoms with Crippen LogP contribution in [0.3, 0.4) is 0 Å². The number of halogens is 1. The van der Waals surface area contributed by atoms with Crippen molar-refractivity contribution in [3.63, 3.8) is 0 Å². The summed E-state index contributed by atoms with van der Waals surface area (Å²) in [6.07, 6.45) is 3.79. The smallest absolute Gasteiger partial charge is 0.228 e. The van der Waals surface area contributed by atoms with Gasteiger partial charge in [0.2, 0.25) is 5.91 Å². The van der Waals surface area contributed by atoms with Crippen LogP contribution in [0.1, 0.15) is 37.4 Å². The Labute approximate surface area is 138 Å². The van der Waals surface area contributed by atoms with Gasteiger partial charge in [-0.2, -0.15) is 0 Å². The molecule has 4 nitrogen and oxygen atoms in total. The monoisotopic (exact) mass is 324 g/mol. The Bertz CT molecular complexity index is 483. The molecule has 122 valence electrons. The molecule has 1 aromatic rings. The summed E-state index contributed by atoms with van der Waals surface area (Å²) in [5.41, 5.74) is 7.12. The van der Waals surface area contributed by atoms with Crippen LogP contribution in [0, 0.1) is 5.92 Å². The van der Waals surface area contributed by atoms with Gasteiger partial charge in [0.25, 0.3) is 0 Å². The average Bonchev–Trinajstić information content (AvgIpc) is 2.55. The molecule has 2 saturated heterocycles. The molecular formula is C17H25ClN2O2. The number of rotatable bonds is 2. The summed E-state index contributed by atoms with van der Waals surface area (Å²) < 4.78 is 5.94. The number of carbonyl (C=O) groups excluding carboxylic acids is 1. The molecule has 0 saturated carbocycles. The van der Waals surface area contributed by atoms with E-state index in [0.29, 0.717) is 6.54 Å². The zero-order valence-corrected chi connectivity index (χ0v) is 13.6. The standard InChI is InChI=1S/C17H24N2O2.ClH/c18-14-8-4-10-19(12-14)17(20)15-9-5-11-21-16(15)13-6-2-1-3-7-13;/h1-3,6-7,14-16H,4-5,8-12,18H2;1H. The van der Waals surface area contributed by atoms with Gasteiger partial charge in [-0.05, 0) is 31.2 Å². The number of nitrogens with two attached hydrogens (primary N) is 1. The van der Waals surface area contributed by atoms with Crippen LogP contribution in [0.15, 0.2) is 30.3 Å². The quantitative estimate of drug-likeness (QED) is 0.909. The van der Waals surface area contributed by atoms with Crippen molar-refractivity contribution in [3.8, 4) is 0 Å². The van der Waals surface area contributed by atoms with Gasteiger partial charge in [-0.3, -0.25) is 4.79 Å². The SMILES string of the molecule is Cl.NC1CCCN(C(=O)C2CCCOC2c2ccccc2)C1. The summed E-state index contributed by atoms with van der Waals surface area (Å²) >= 11 is 0. The first-order chi connectivity index (χ1) is 10.3. The van der Waals surface area contributed by atoms with Crippen molar-refractivity contribution < 1.29 is 9.53 Å². The summed E-state index contributed by atoms with van der Waals surface area (Å²) in [6, 6.07) is 10.2. The van der Waals surface area contributed by atoms with E-state index in [0.717, 1.165) is 44.4 Å². The molecule has 2 aliphatic rings. The fraction of sp³-hybridized carbons (Fsp3) is 0.588. The second-order valence-electron chi connectivity index (χ2n) is 6.14. The molecule has 2 aliphatic heterocycles. The molecule has 3 unspecified atom stereocenters. The minimum Gasteiger partial charge on any atom is -0.373 e. The van der Waals surface area contributed by atoms with Crippen molar-refractivity contribution in [3.05, 3.63) is 35.9 Å². The van der Waals surface area contributed by atoms with Gasteiger partial charge in [0.05, 0.1) is 12.0 Å². The molecule has 5 heteroatoms. The first kappa shape index (κ1) is 17.3. The highest BCUT2D eigenvalue weighted by atomic mass is 35.5. The maximum atomic E-state index is 12.9. The van der Waals surface area contributed by atoms with E-state index in [2.05, 4.69) is 12.1 Å². The molecule has 2 N–H and O–H groups in total. The van der Waals surface area contributed by atoms with Crippen molar-refractivity contribution in [1.29, 1.82) is 0 Å². The van der Waals surface area contributed by atoms with Gasteiger partial charge in [0, 0.05) is 25.7 Å². The highest BCUT2D eigenvalue weighted by Crippen LogP contribution is 2.35. The van der Waals surface area contributed by atoms with Crippen LogP contribution in [0.4, 0.5) is 0 Å². The van der Waals surface area contributed by atoms with E-state index in [-0.39, 0.29) is 36.4 Å². The van der Waals surface area contributed by atoms with Crippen molar-refractivity contribution in [2.75, 3.05) is 19.7 Å². The fourth-order valence-corrected chi connectivity index (χ4v) is 3.45.